The Bertz CT molecular complexity index is 593. The summed E-state index contributed by atoms with van der Waals surface area (Å²) in [5, 5.41) is 0.955. The van der Waals surface area contributed by atoms with Crippen molar-refractivity contribution in [2.24, 2.45) is 0 Å². The molecule has 0 spiro atoms. The first-order valence-electron chi connectivity index (χ1n) is 8.57. The fourth-order valence-corrected chi connectivity index (χ4v) is 2.91. The number of carbonyl (C=O) groups excluding carboxylic acids is 2. The molecule has 0 N–H and O–H groups in total. The van der Waals surface area contributed by atoms with Crippen LogP contribution in [0.4, 0.5) is 5.69 Å². The average molecular weight is 414 g/mol. The van der Waals surface area contributed by atoms with Gasteiger partial charge in [-0.2, -0.15) is 0 Å². The molecule has 1 aliphatic heterocycles. The molecule has 1 aromatic carbocycles. The van der Waals surface area contributed by atoms with Crippen molar-refractivity contribution in [3.05, 3.63) is 18.2 Å². The summed E-state index contributed by atoms with van der Waals surface area (Å²) in [6.07, 6.45) is 2.84. The molecular formula is C18H24BrNO5. The van der Waals surface area contributed by atoms with E-state index >= 15 is 0 Å². The molecule has 0 bridgehead atoms. The molecule has 0 saturated heterocycles. The zero-order chi connectivity index (χ0) is 18.1. The minimum Gasteiger partial charge on any atom is -0.494 e. The number of esters is 1. The standard InChI is InChI=1S/C18H24BrNO5/c1-2-23-18(22)6-5-10-20-15-12-14(24-11-4-3-9-19)7-8-16(15)25-13-17(20)21/h7-8,12H,2-6,9-11,13H2,1H3. The van der Waals surface area contributed by atoms with Crippen LogP contribution in [0.15, 0.2) is 18.2 Å². The summed E-state index contributed by atoms with van der Waals surface area (Å²) >= 11 is 3.39. The maximum Gasteiger partial charge on any atom is 0.305 e. The lowest BCUT2D eigenvalue weighted by Crippen LogP contribution is -2.39. The second kappa shape index (κ2) is 10.3. The second-order valence-electron chi connectivity index (χ2n) is 5.62. The number of benzene rings is 1. The van der Waals surface area contributed by atoms with E-state index in [1.165, 1.54) is 0 Å². The van der Waals surface area contributed by atoms with E-state index in [2.05, 4.69) is 15.9 Å². The van der Waals surface area contributed by atoms with Crippen LogP contribution in [0.2, 0.25) is 0 Å². The van der Waals surface area contributed by atoms with Crippen molar-refractivity contribution >= 4 is 33.5 Å². The average Bonchev–Trinajstić information content (AvgIpc) is 2.61. The summed E-state index contributed by atoms with van der Waals surface area (Å²) in [7, 11) is 0. The van der Waals surface area contributed by atoms with Crippen molar-refractivity contribution in [1.82, 2.24) is 0 Å². The van der Waals surface area contributed by atoms with Crippen LogP contribution in [0.3, 0.4) is 0 Å². The number of nitrogens with zero attached hydrogens (tertiary/aromatic N) is 1. The Labute approximate surface area is 156 Å². The van der Waals surface area contributed by atoms with Crippen LogP contribution in [0.1, 0.15) is 32.6 Å². The van der Waals surface area contributed by atoms with Gasteiger partial charge < -0.3 is 19.1 Å². The molecule has 1 aliphatic rings. The lowest BCUT2D eigenvalue weighted by atomic mass is 10.2. The normalized spacial score (nSPS) is 13.2. The summed E-state index contributed by atoms with van der Waals surface area (Å²) in [6, 6.07) is 5.49. The Morgan fingerprint density at radius 2 is 2.16 bits per heavy atom. The van der Waals surface area contributed by atoms with E-state index in [0.29, 0.717) is 43.4 Å². The highest BCUT2D eigenvalue weighted by Crippen LogP contribution is 2.35. The van der Waals surface area contributed by atoms with Gasteiger partial charge in [-0.3, -0.25) is 9.59 Å². The van der Waals surface area contributed by atoms with E-state index in [0.717, 1.165) is 18.2 Å². The lowest BCUT2D eigenvalue weighted by Gasteiger charge is -2.29. The largest absolute Gasteiger partial charge is 0.494 e. The third-order valence-electron chi connectivity index (χ3n) is 3.74. The van der Waals surface area contributed by atoms with Crippen LogP contribution < -0.4 is 14.4 Å². The van der Waals surface area contributed by atoms with Gasteiger partial charge >= 0.3 is 5.97 Å². The Kier molecular flexibility index (Phi) is 8.04. The zero-order valence-corrected chi connectivity index (χ0v) is 16.0. The maximum atomic E-state index is 12.2. The maximum absolute atomic E-state index is 12.2. The number of fused-ring (bicyclic) bond motifs is 1. The smallest absolute Gasteiger partial charge is 0.305 e. The minimum atomic E-state index is -0.243. The summed E-state index contributed by atoms with van der Waals surface area (Å²) < 4.78 is 16.1. The van der Waals surface area contributed by atoms with Crippen LogP contribution in [0.5, 0.6) is 11.5 Å². The molecule has 2 rings (SSSR count). The summed E-state index contributed by atoms with van der Waals surface area (Å²) in [6.45, 7) is 3.23. The Morgan fingerprint density at radius 1 is 1.32 bits per heavy atom. The van der Waals surface area contributed by atoms with Gasteiger partial charge in [0, 0.05) is 24.4 Å². The molecule has 0 aromatic heterocycles. The number of alkyl halides is 1. The summed E-state index contributed by atoms with van der Waals surface area (Å²) in [4.78, 5) is 25.3. The molecule has 0 aliphatic carbocycles. The molecule has 6 nitrogen and oxygen atoms in total. The minimum absolute atomic E-state index is 0.0118. The number of hydrogen-bond acceptors (Lipinski definition) is 5. The first-order chi connectivity index (χ1) is 12.2. The highest BCUT2D eigenvalue weighted by atomic mass is 79.9. The lowest BCUT2D eigenvalue weighted by molar-refractivity contribution is -0.143. The monoisotopic (exact) mass is 413 g/mol. The number of unbranched alkanes of at least 4 members (excludes halogenated alkanes) is 1. The molecule has 0 unspecified atom stereocenters. The molecule has 1 amide bonds. The molecule has 0 fully saturated rings. The number of ether oxygens (including phenoxy) is 3. The first-order valence-corrected chi connectivity index (χ1v) is 9.69. The van der Waals surface area contributed by atoms with Gasteiger partial charge in [-0.25, -0.2) is 0 Å². The van der Waals surface area contributed by atoms with E-state index in [1.54, 1.807) is 11.8 Å². The number of anilines is 1. The second-order valence-corrected chi connectivity index (χ2v) is 6.41. The molecule has 7 heteroatoms. The highest BCUT2D eigenvalue weighted by molar-refractivity contribution is 9.09. The van der Waals surface area contributed by atoms with Crippen LogP contribution in [-0.4, -0.2) is 43.6 Å². The Balaban J connectivity index is 1.99. The summed E-state index contributed by atoms with van der Waals surface area (Å²) in [5.74, 6) is 1.01. The van der Waals surface area contributed by atoms with E-state index in [9.17, 15) is 9.59 Å². The molecule has 25 heavy (non-hydrogen) atoms. The van der Waals surface area contributed by atoms with Gasteiger partial charge in [-0.1, -0.05) is 15.9 Å². The molecule has 1 aromatic rings. The molecule has 0 radical (unpaired) electrons. The van der Waals surface area contributed by atoms with Crippen LogP contribution >= 0.6 is 15.9 Å². The molecule has 0 atom stereocenters. The van der Waals surface area contributed by atoms with Crippen molar-refractivity contribution in [3.8, 4) is 11.5 Å². The number of halogens is 1. The molecule has 1 heterocycles. The van der Waals surface area contributed by atoms with Crippen molar-refractivity contribution in [2.45, 2.75) is 32.6 Å². The van der Waals surface area contributed by atoms with E-state index in [1.807, 2.05) is 18.2 Å². The van der Waals surface area contributed by atoms with Crippen molar-refractivity contribution < 1.29 is 23.8 Å². The number of carbonyl (C=O) groups is 2. The van der Waals surface area contributed by atoms with Gasteiger partial charge in [-0.15, -0.1) is 0 Å². The molecule has 138 valence electrons. The van der Waals surface area contributed by atoms with E-state index in [-0.39, 0.29) is 24.9 Å². The number of hydrogen-bond donors (Lipinski definition) is 0. The van der Waals surface area contributed by atoms with Gasteiger partial charge in [0.05, 0.1) is 18.9 Å². The summed E-state index contributed by atoms with van der Waals surface area (Å²) in [5.41, 5.74) is 0.693. The Hall–Kier alpha value is -1.76. The van der Waals surface area contributed by atoms with Gasteiger partial charge in [0.25, 0.3) is 5.91 Å². The SMILES string of the molecule is CCOC(=O)CCCN1C(=O)COc2ccc(OCCCCBr)cc21. The number of rotatable bonds is 10. The quantitative estimate of drug-likeness (QED) is 0.334. The molecular weight excluding hydrogens is 390 g/mol. The molecule has 0 saturated carbocycles. The topological polar surface area (TPSA) is 65.1 Å². The van der Waals surface area contributed by atoms with E-state index in [4.69, 9.17) is 14.2 Å². The fraction of sp³-hybridized carbons (Fsp3) is 0.556. The van der Waals surface area contributed by atoms with Gasteiger partial charge in [-0.05, 0) is 38.3 Å². The van der Waals surface area contributed by atoms with E-state index < -0.39 is 0 Å². The van der Waals surface area contributed by atoms with Crippen LogP contribution in [-0.2, 0) is 14.3 Å². The van der Waals surface area contributed by atoms with Gasteiger partial charge in [0.15, 0.2) is 6.61 Å². The third kappa shape index (κ3) is 5.92. The predicted octanol–water partition coefficient (Wildman–Crippen LogP) is 3.31. The third-order valence-corrected chi connectivity index (χ3v) is 4.30. The van der Waals surface area contributed by atoms with Crippen LogP contribution in [0, 0.1) is 0 Å². The van der Waals surface area contributed by atoms with Gasteiger partial charge in [0.2, 0.25) is 0 Å². The number of amides is 1. The zero-order valence-electron chi connectivity index (χ0n) is 14.5. The predicted molar refractivity (Wildman–Crippen MR) is 98.7 cm³/mol. The highest BCUT2D eigenvalue weighted by Gasteiger charge is 2.26. The van der Waals surface area contributed by atoms with Crippen LogP contribution in [0.25, 0.3) is 0 Å². The fourth-order valence-electron chi connectivity index (χ4n) is 2.52. The Morgan fingerprint density at radius 3 is 2.92 bits per heavy atom. The van der Waals surface area contributed by atoms with Crippen molar-refractivity contribution in [1.29, 1.82) is 0 Å². The van der Waals surface area contributed by atoms with Gasteiger partial charge in [0.1, 0.15) is 11.5 Å². The van der Waals surface area contributed by atoms with Crippen molar-refractivity contribution in [2.75, 3.05) is 36.6 Å². The van der Waals surface area contributed by atoms with Crippen molar-refractivity contribution in [3.63, 3.8) is 0 Å². The first kappa shape index (κ1) is 19.6.